The van der Waals surface area contributed by atoms with Crippen molar-refractivity contribution in [3.8, 4) is 11.1 Å². The van der Waals surface area contributed by atoms with Crippen molar-refractivity contribution in [2.24, 2.45) is 5.73 Å². The lowest BCUT2D eigenvalue weighted by molar-refractivity contribution is 0.513. The van der Waals surface area contributed by atoms with E-state index in [-0.39, 0.29) is 0 Å². The van der Waals surface area contributed by atoms with Crippen molar-refractivity contribution in [2.75, 3.05) is 0 Å². The van der Waals surface area contributed by atoms with Crippen LogP contribution in [-0.4, -0.2) is 0 Å². The van der Waals surface area contributed by atoms with Crippen LogP contribution in [-0.2, 0) is 6.54 Å². The molecule has 13 heavy (non-hydrogen) atoms. The SMILES string of the molecule is Cc1sccc1-c1ccoc1CN. The third kappa shape index (κ3) is 1.41. The van der Waals surface area contributed by atoms with Crippen LogP contribution in [0.3, 0.4) is 0 Å². The van der Waals surface area contributed by atoms with Gasteiger partial charge in [-0.05, 0) is 30.0 Å². The van der Waals surface area contributed by atoms with E-state index in [1.54, 1.807) is 17.6 Å². The van der Waals surface area contributed by atoms with Crippen LogP contribution in [0.15, 0.2) is 28.2 Å². The van der Waals surface area contributed by atoms with Crippen molar-refractivity contribution in [2.45, 2.75) is 13.5 Å². The first kappa shape index (κ1) is 8.53. The Labute approximate surface area is 81.0 Å². The molecule has 2 rings (SSSR count). The van der Waals surface area contributed by atoms with Crippen molar-refractivity contribution < 1.29 is 4.42 Å². The van der Waals surface area contributed by atoms with E-state index >= 15 is 0 Å². The molecule has 2 heterocycles. The zero-order chi connectivity index (χ0) is 9.26. The second kappa shape index (κ2) is 3.36. The normalized spacial score (nSPS) is 10.6. The van der Waals surface area contributed by atoms with E-state index < -0.39 is 0 Å². The number of nitrogens with two attached hydrogens (primary N) is 1. The van der Waals surface area contributed by atoms with Gasteiger partial charge >= 0.3 is 0 Å². The molecule has 2 aromatic rings. The smallest absolute Gasteiger partial charge is 0.125 e. The van der Waals surface area contributed by atoms with Gasteiger partial charge in [0.1, 0.15) is 5.76 Å². The molecular formula is C10H11NOS. The molecule has 0 unspecified atom stereocenters. The van der Waals surface area contributed by atoms with E-state index in [1.807, 2.05) is 6.07 Å². The molecule has 0 atom stereocenters. The largest absolute Gasteiger partial charge is 0.467 e. The van der Waals surface area contributed by atoms with Crippen LogP contribution >= 0.6 is 11.3 Å². The van der Waals surface area contributed by atoms with E-state index in [4.69, 9.17) is 10.2 Å². The lowest BCUT2D eigenvalue weighted by atomic mass is 10.1. The molecule has 0 bridgehead atoms. The number of rotatable bonds is 2. The van der Waals surface area contributed by atoms with E-state index in [9.17, 15) is 0 Å². The van der Waals surface area contributed by atoms with Crippen molar-refractivity contribution in [1.82, 2.24) is 0 Å². The van der Waals surface area contributed by atoms with Gasteiger partial charge in [-0.15, -0.1) is 11.3 Å². The first-order chi connectivity index (χ1) is 6.33. The molecular weight excluding hydrogens is 182 g/mol. The van der Waals surface area contributed by atoms with Crippen LogP contribution < -0.4 is 5.73 Å². The van der Waals surface area contributed by atoms with Gasteiger partial charge in [0.2, 0.25) is 0 Å². The molecule has 68 valence electrons. The van der Waals surface area contributed by atoms with Crippen LogP contribution in [0.25, 0.3) is 11.1 Å². The second-order valence-electron chi connectivity index (χ2n) is 2.85. The standard InChI is InChI=1S/C10H11NOS/c1-7-8(3-5-13-7)9-2-4-12-10(9)6-11/h2-5H,6,11H2,1H3. The zero-order valence-corrected chi connectivity index (χ0v) is 8.23. The van der Waals surface area contributed by atoms with E-state index in [2.05, 4.69) is 18.4 Å². The summed E-state index contributed by atoms with van der Waals surface area (Å²) in [7, 11) is 0. The van der Waals surface area contributed by atoms with Gasteiger partial charge in [0.05, 0.1) is 12.8 Å². The summed E-state index contributed by atoms with van der Waals surface area (Å²) in [5.41, 5.74) is 7.92. The molecule has 0 aromatic carbocycles. The van der Waals surface area contributed by atoms with Gasteiger partial charge in [-0.1, -0.05) is 0 Å². The average Bonchev–Trinajstić information content (AvgIpc) is 2.71. The van der Waals surface area contributed by atoms with Crippen LogP contribution in [0, 0.1) is 6.92 Å². The molecule has 0 aliphatic heterocycles. The molecule has 0 amide bonds. The van der Waals surface area contributed by atoms with Crippen LogP contribution in [0.5, 0.6) is 0 Å². The summed E-state index contributed by atoms with van der Waals surface area (Å²) in [4.78, 5) is 1.30. The predicted molar refractivity (Wildman–Crippen MR) is 54.6 cm³/mol. The van der Waals surface area contributed by atoms with E-state index in [1.165, 1.54) is 10.4 Å². The molecule has 2 nitrogen and oxygen atoms in total. The van der Waals surface area contributed by atoms with Gasteiger partial charge in [0, 0.05) is 10.4 Å². The predicted octanol–water partition coefficient (Wildman–Crippen LogP) is 2.78. The highest BCUT2D eigenvalue weighted by atomic mass is 32.1. The minimum Gasteiger partial charge on any atom is -0.467 e. The second-order valence-corrected chi connectivity index (χ2v) is 3.97. The lowest BCUT2D eigenvalue weighted by Gasteiger charge is -1.98. The maximum atomic E-state index is 5.56. The van der Waals surface area contributed by atoms with Gasteiger partial charge < -0.3 is 10.2 Å². The summed E-state index contributed by atoms with van der Waals surface area (Å²) >= 11 is 1.74. The fraction of sp³-hybridized carbons (Fsp3) is 0.200. The van der Waals surface area contributed by atoms with Crippen LogP contribution in [0.2, 0.25) is 0 Å². The zero-order valence-electron chi connectivity index (χ0n) is 7.41. The van der Waals surface area contributed by atoms with Gasteiger partial charge in [-0.2, -0.15) is 0 Å². The van der Waals surface area contributed by atoms with Crippen molar-refractivity contribution in [3.05, 3.63) is 34.4 Å². The number of hydrogen-bond acceptors (Lipinski definition) is 3. The summed E-state index contributed by atoms with van der Waals surface area (Å²) in [5, 5.41) is 2.08. The Morgan fingerprint density at radius 2 is 2.23 bits per heavy atom. The van der Waals surface area contributed by atoms with Gasteiger partial charge in [0.25, 0.3) is 0 Å². The maximum Gasteiger partial charge on any atom is 0.125 e. The van der Waals surface area contributed by atoms with Crippen LogP contribution in [0.1, 0.15) is 10.6 Å². The highest BCUT2D eigenvalue weighted by Crippen LogP contribution is 2.30. The molecule has 2 aromatic heterocycles. The van der Waals surface area contributed by atoms with Gasteiger partial charge in [0.15, 0.2) is 0 Å². The summed E-state index contributed by atoms with van der Waals surface area (Å²) < 4.78 is 5.27. The van der Waals surface area contributed by atoms with Gasteiger partial charge in [-0.3, -0.25) is 0 Å². The quantitative estimate of drug-likeness (QED) is 0.796. The Kier molecular flexibility index (Phi) is 2.20. The molecule has 0 fully saturated rings. The monoisotopic (exact) mass is 193 g/mol. The van der Waals surface area contributed by atoms with E-state index in [0.717, 1.165) is 11.3 Å². The fourth-order valence-electron chi connectivity index (χ4n) is 1.40. The maximum absolute atomic E-state index is 5.56. The highest BCUT2D eigenvalue weighted by molar-refractivity contribution is 7.10. The first-order valence-electron chi connectivity index (χ1n) is 4.14. The molecule has 3 heteroatoms. The topological polar surface area (TPSA) is 39.2 Å². The summed E-state index contributed by atoms with van der Waals surface area (Å²) in [6.45, 7) is 2.56. The number of furan rings is 1. The minimum absolute atomic E-state index is 0.456. The third-order valence-corrected chi connectivity index (χ3v) is 2.93. The Hall–Kier alpha value is -1.06. The molecule has 0 saturated heterocycles. The van der Waals surface area contributed by atoms with Crippen molar-refractivity contribution in [1.29, 1.82) is 0 Å². The Bertz CT molecular complexity index is 402. The molecule has 0 spiro atoms. The molecule has 0 radical (unpaired) electrons. The molecule has 0 aliphatic carbocycles. The molecule has 0 aliphatic rings. The average molecular weight is 193 g/mol. The number of thiophene rings is 1. The Balaban J connectivity index is 2.52. The number of hydrogen-bond donors (Lipinski definition) is 1. The fourth-order valence-corrected chi connectivity index (χ4v) is 2.12. The van der Waals surface area contributed by atoms with E-state index in [0.29, 0.717) is 6.54 Å². The number of aryl methyl sites for hydroxylation is 1. The first-order valence-corrected chi connectivity index (χ1v) is 5.02. The van der Waals surface area contributed by atoms with Crippen LogP contribution in [0.4, 0.5) is 0 Å². The van der Waals surface area contributed by atoms with Crippen molar-refractivity contribution >= 4 is 11.3 Å². The minimum atomic E-state index is 0.456. The third-order valence-electron chi connectivity index (χ3n) is 2.08. The highest BCUT2D eigenvalue weighted by Gasteiger charge is 2.09. The summed E-state index contributed by atoms with van der Waals surface area (Å²) in [6.07, 6.45) is 1.69. The van der Waals surface area contributed by atoms with Crippen molar-refractivity contribution in [3.63, 3.8) is 0 Å². The lowest BCUT2D eigenvalue weighted by Crippen LogP contribution is -1.95. The molecule has 2 N–H and O–H groups in total. The Morgan fingerprint density at radius 3 is 2.85 bits per heavy atom. The summed E-state index contributed by atoms with van der Waals surface area (Å²) in [6, 6.07) is 4.07. The van der Waals surface area contributed by atoms with Gasteiger partial charge in [-0.25, -0.2) is 0 Å². The summed E-state index contributed by atoms with van der Waals surface area (Å²) in [5.74, 6) is 0.862. The Morgan fingerprint density at radius 1 is 1.38 bits per heavy atom. The molecule has 0 saturated carbocycles.